The zero-order valence-electron chi connectivity index (χ0n) is 16.0. The summed E-state index contributed by atoms with van der Waals surface area (Å²) in [5.41, 5.74) is 3.23. The number of rotatable bonds is 8. The summed E-state index contributed by atoms with van der Waals surface area (Å²) in [4.78, 5) is 27.7. The van der Waals surface area contributed by atoms with Crippen LogP contribution in [0.3, 0.4) is 0 Å². The highest BCUT2D eigenvalue weighted by Crippen LogP contribution is 2.22. The monoisotopic (exact) mass is 377 g/mol. The number of carboxylic acid groups (broad SMARTS) is 1. The molecule has 2 N–H and O–H groups in total. The molecule has 6 nitrogen and oxygen atoms in total. The van der Waals surface area contributed by atoms with Crippen molar-refractivity contribution in [3.8, 4) is 17.3 Å². The fourth-order valence-corrected chi connectivity index (χ4v) is 2.86. The standard InChI is InChI=1S/C22H23N3O3/c1-3-4-9-21(25-15(2)26)19(22(27)28)12-16-10-11-20(24-14-16)18-8-6-5-7-17(18)13-23/h5-8,10-11,14H,3-4,9,12H2,1-2H3,(H,25,26)(H,27,28). The number of nitrogens with zero attached hydrogens (tertiary/aromatic N) is 2. The Labute approximate surface area is 164 Å². The van der Waals surface area contributed by atoms with Gasteiger partial charge < -0.3 is 10.4 Å². The third-order valence-electron chi connectivity index (χ3n) is 4.26. The number of amides is 1. The lowest BCUT2D eigenvalue weighted by atomic mass is 10.00. The van der Waals surface area contributed by atoms with Crippen LogP contribution >= 0.6 is 0 Å². The van der Waals surface area contributed by atoms with Gasteiger partial charge in [-0.3, -0.25) is 9.78 Å². The molecule has 0 saturated heterocycles. The number of pyridine rings is 1. The van der Waals surface area contributed by atoms with Gasteiger partial charge in [0, 0.05) is 30.8 Å². The van der Waals surface area contributed by atoms with Gasteiger partial charge in [-0.25, -0.2) is 4.79 Å². The summed E-state index contributed by atoms with van der Waals surface area (Å²) in [5.74, 6) is -1.34. The fraction of sp³-hybridized carbons (Fsp3) is 0.273. The Kier molecular flexibility index (Phi) is 7.46. The maximum atomic E-state index is 11.8. The molecule has 1 heterocycles. The molecule has 0 saturated carbocycles. The van der Waals surface area contributed by atoms with Crippen molar-refractivity contribution < 1.29 is 14.7 Å². The van der Waals surface area contributed by atoms with Crippen LogP contribution in [0.2, 0.25) is 0 Å². The predicted molar refractivity (Wildman–Crippen MR) is 106 cm³/mol. The number of carbonyl (C=O) groups excluding carboxylic acids is 1. The maximum absolute atomic E-state index is 11.8. The van der Waals surface area contributed by atoms with Gasteiger partial charge in [0.25, 0.3) is 0 Å². The Morgan fingerprint density at radius 3 is 2.54 bits per heavy atom. The van der Waals surface area contributed by atoms with Crippen LogP contribution in [0, 0.1) is 11.3 Å². The zero-order chi connectivity index (χ0) is 20.5. The van der Waals surface area contributed by atoms with Crippen molar-refractivity contribution in [1.29, 1.82) is 5.26 Å². The molecule has 1 amide bonds. The number of aromatic nitrogens is 1. The molecular formula is C22H23N3O3. The molecule has 0 aliphatic rings. The van der Waals surface area contributed by atoms with E-state index in [1.807, 2.05) is 19.1 Å². The van der Waals surface area contributed by atoms with Gasteiger partial charge in [-0.2, -0.15) is 5.26 Å². The second kappa shape index (κ2) is 10.0. The second-order valence-electron chi connectivity index (χ2n) is 6.43. The van der Waals surface area contributed by atoms with Crippen molar-refractivity contribution in [2.75, 3.05) is 0 Å². The van der Waals surface area contributed by atoms with Gasteiger partial charge in [0.15, 0.2) is 0 Å². The molecule has 6 heteroatoms. The Hall–Kier alpha value is -3.46. The first-order chi connectivity index (χ1) is 13.5. The quantitative estimate of drug-likeness (QED) is 0.681. The smallest absolute Gasteiger partial charge is 0.333 e. The highest BCUT2D eigenvalue weighted by Gasteiger charge is 2.17. The van der Waals surface area contributed by atoms with E-state index >= 15 is 0 Å². The molecule has 0 spiro atoms. The molecule has 2 aromatic rings. The van der Waals surface area contributed by atoms with E-state index in [-0.39, 0.29) is 17.9 Å². The summed E-state index contributed by atoms with van der Waals surface area (Å²) in [5, 5.41) is 21.6. The number of carbonyl (C=O) groups is 2. The average Bonchev–Trinajstić information content (AvgIpc) is 2.69. The number of benzene rings is 1. The van der Waals surface area contributed by atoms with E-state index in [4.69, 9.17) is 0 Å². The third-order valence-corrected chi connectivity index (χ3v) is 4.26. The summed E-state index contributed by atoms with van der Waals surface area (Å²) >= 11 is 0. The van der Waals surface area contributed by atoms with Crippen molar-refractivity contribution in [2.45, 2.75) is 39.5 Å². The van der Waals surface area contributed by atoms with Gasteiger partial charge >= 0.3 is 5.97 Å². The largest absolute Gasteiger partial charge is 0.478 e. The van der Waals surface area contributed by atoms with E-state index in [2.05, 4.69) is 16.4 Å². The van der Waals surface area contributed by atoms with E-state index in [1.54, 1.807) is 30.5 Å². The summed E-state index contributed by atoms with van der Waals surface area (Å²) in [7, 11) is 0. The van der Waals surface area contributed by atoms with E-state index in [9.17, 15) is 20.0 Å². The minimum atomic E-state index is -1.06. The van der Waals surface area contributed by atoms with Gasteiger partial charge in [0.2, 0.25) is 5.91 Å². The first kappa shape index (κ1) is 20.8. The van der Waals surface area contributed by atoms with Crippen molar-refractivity contribution in [3.63, 3.8) is 0 Å². The molecule has 0 aliphatic carbocycles. The van der Waals surface area contributed by atoms with Gasteiger partial charge in [-0.15, -0.1) is 0 Å². The number of nitrogens with one attached hydrogen (secondary N) is 1. The zero-order valence-corrected chi connectivity index (χ0v) is 16.0. The Morgan fingerprint density at radius 1 is 1.21 bits per heavy atom. The van der Waals surface area contributed by atoms with Crippen molar-refractivity contribution >= 4 is 11.9 Å². The molecule has 144 valence electrons. The number of allylic oxidation sites excluding steroid dienone is 1. The summed E-state index contributed by atoms with van der Waals surface area (Å²) < 4.78 is 0. The minimum Gasteiger partial charge on any atom is -0.478 e. The molecule has 1 aromatic carbocycles. The average molecular weight is 377 g/mol. The van der Waals surface area contributed by atoms with Crippen LogP contribution in [0.5, 0.6) is 0 Å². The van der Waals surface area contributed by atoms with Crippen molar-refractivity contribution in [2.24, 2.45) is 0 Å². The SMILES string of the molecule is CCCCC(NC(C)=O)=C(Cc1ccc(-c2ccccc2C#N)nc1)C(=O)O. The number of nitriles is 1. The third kappa shape index (κ3) is 5.52. The lowest BCUT2D eigenvalue weighted by Crippen LogP contribution is -2.24. The Morgan fingerprint density at radius 2 is 1.96 bits per heavy atom. The molecule has 0 aliphatic heterocycles. The molecule has 28 heavy (non-hydrogen) atoms. The normalized spacial score (nSPS) is 11.3. The topological polar surface area (TPSA) is 103 Å². The van der Waals surface area contributed by atoms with E-state index in [0.717, 1.165) is 24.0 Å². The Balaban J connectivity index is 2.33. The summed E-state index contributed by atoms with van der Waals surface area (Å²) in [6, 6.07) is 12.9. The lowest BCUT2D eigenvalue weighted by Gasteiger charge is -2.13. The van der Waals surface area contributed by atoms with Crippen LogP contribution in [0.25, 0.3) is 11.3 Å². The van der Waals surface area contributed by atoms with Crippen LogP contribution in [0.4, 0.5) is 0 Å². The van der Waals surface area contributed by atoms with Gasteiger partial charge in [0.05, 0.1) is 22.9 Å². The molecule has 0 unspecified atom stereocenters. The van der Waals surface area contributed by atoms with Crippen LogP contribution < -0.4 is 5.32 Å². The molecule has 2 rings (SSSR count). The van der Waals surface area contributed by atoms with Gasteiger partial charge in [0.1, 0.15) is 0 Å². The lowest BCUT2D eigenvalue weighted by molar-refractivity contribution is -0.132. The minimum absolute atomic E-state index is 0.155. The molecule has 0 bridgehead atoms. The number of hydrogen-bond acceptors (Lipinski definition) is 4. The van der Waals surface area contributed by atoms with Gasteiger partial charge in [-0.1, -0.05) is 37.6 Å². The molecule has 0 radical (unpaired) electrons. The van der Waals surface area contributed by atoms with E-state index < -0.39 is 5.97 Å². The molecular weight excluding hydrogens is 354 g/mol. The maximum Gasteiger partial charge on any atom is 0.333 e. The van der Waals surface area contributed by atoms with Crippen molar-refractivity contribution in [1.82, 2.24) is 10.3 Å². The highest BCUT2D eigenvalue weighted by molar-refractivity contribution is 5.89. The molecule has 0 atom stereocenters. The summed E-state index contributed by atoms with van der Waals surface area (Å²) in [6.45, 7) is 3.38. The first-order valence-corrected chi connectivity index (χ1v) is 9.13. The van der Waals surface area contributed by atoms with E-state index in [0.29, 0.717) is 23.4 Å². The number of unbranched alkanes of at least 4 members (excludes halogenated alkanes) is 1. The van der Waals surface area contributed by atoms with Crippen LogP contribution in [-0.4, -0.2) is 22.0 Å². The van der Waals surface area contributed by atoms with E-state index in [1.165, 1.54) is 6.92 Å². The number of carboxylic acids is 1. The number of hydrogen-bond donors (Lipinski definition) is 2. The molecule has 0 fully saturated rings. The van der Waals surface area contributed by atoms with Crippen LogP contribution in [0.1, 0.15) is 44.2 Å². The second-order valence-corrected chi connectivity index (χ2v) is 6.43. The summed E-state index contributed by atoms with van der Waals surface area (Å²) in [6.07, 6.45) is 3.94. The predicted octanol–water partition coefficient (Wildman–Crippen LogP) is 3.83. The van der Waals surface area contributed by atoms with Gasteiger partial charge in [-0.05, 0) is 30.5 Å². The van der Waals surface area contributed by atoms with Crippen molar-refractivity contribution in [3.05, 3.63) is 65.0 Å². The fourth-order valence-electron chi connectivity index (χ4n) is 2.86. The van der Waals surface area contributed by atoms with Crippen LogP contribution in [-0.2, 0) is 16.0 Å². The molecule has 1 aromatic heterocycles. The van der Waals surface area contributed by atoms with Crippen LogP contribution in [0.15, 0.2) is 53.9 Å². The number of aliphatic carboxylic acids is 1. The highest BCUT2D eigenvalue weighted by atomic mass is 16.4. The Bertz CT molecular complexity index is 925. The first-order valence-electron chi connectivity index (χ1n) is 9.13.